The van der Waals surface area contributed by atoms with Crippen LogP contribution in [-0.2, 0) is 25.5 Å². The minimum atomic E-state index is -0.541. The van der Waals surface area contributed by atoms with E-state index in [1.165, 1.54) is 69.8 Å². The van der Waals surface area contributed by atoms with Crippen LogP contribution in [0.1, 0.15) is 123 Å². The predicted octanol–water partition coefficient (Wildman–Crippen LogP) is 7.77. The van der Waals surface area contributed by atoms with E-state index in [-0.39, 0.29) is 17.2 Å². The molecule has 2 heterocycles. The second-order valence-corrected chi connectivity index (χ2v) is 13.6. The molecular formula is C34H55NO5. The number of hydrogen-bond acceptors (Lipinski definition) is 6. The van der Waals surface area contributed by atoms with Crippen LogP contribution in [0.25, 0.3) is 0 Å². The highest BCUT2D eigenvalue weighted by Gasteiger charge is 2.58. The first kappa shape index (κ1) is 30.3. The topological polar surface area (TPSA) is 52.7 Å². The molecule has 2 saturated carbocycles. The molecule has 0 aromatic heterocycles. The van der Waals surface area contributed by atoms with Crippen molar-refractivity contribution in [2.75, 3.05) is 19.8 Å². The Morgan fingerprint density at radius 3 is 1.93 bits per heavy atom. The lowest BCUT2D eigenvalue weighted by Crippen LogP contribution is -2.69. The maximum Gasteiger partial charge on any atom is 0.172 e. The first-order valence-corrected chi connectivity index (χ1v) is 16.5. The average Bonchev–Trinajstić information content (AvgIpc) is 3.79. The Kier molecular flexibility index (Phi) is 10.2. The number of hydrogen-bond donors (Lipinski definition) is 0. The van der Waals surface area contributed by atoms with E-state index in [1.807, 2.05) is 0 Å². The molecule has 6 heteroatoms. The summed E-state index contributed by atoms with van der Waals surface area (Å²) in [7, 11) is 0. The van der Waals surface area contributed by atoms with Crippen molar-refractivity contribution >= 4 is 0 Å². The number of piperidine rings is 1. The van der Waals surface area contributed by atoms with Gasteiger partial charge in [-0.1, -0.05) is 64.5 Å². The molecule has 1 unspecified atom stereocenters. The van der Waals surface area contributed by atoms with E-state index in [4.69, 9.17) is 23.8 Å². The van der Waals surface area contributed by atoms with Crippen LogP contribution < -0.4 is 4.74 Å². The summed E-state index contributed by atoms with van der Waals surface area (Å²) in [6.07, 6.45) is 17.9. The molecule has 4 aliphatic rings. The van der Waals surface area contributed by atoms with Crippen molar-refractivity contribution in [1.29, 1.82) is 0 Å². The van der Waals surface area contributed by atoms with Gasteiger partial charge in [-0.2, -0.15) is 5.06 Å². The smallest absolute Gasteiger partial charge is 0.172 e. The minimum absolute atomic E-state index is 0.131. The molecule has 0 amide bonds. The molecule has 226 valence electrons. The average molecular weight is 558 g/mol. The Morgan fingerprint density at radius 2 is 1.40 bits per heavy atom. The summed E-state index contributed by atoms with van der Waals surface area (Å²) in [4.78, 5) is 6.77. The maximum absolute atomic E-state index is 7.16. The number of nitrogens with zero attached hydrogens (tertiary/aromatic N) is 1. The summed E-state index contributed by atoms with van der Waals surface area (Å²) in [5.41, 5.74) is 0.920. The molecule has 0 radical (unpaired) electrons. The van der Waals surface area contributed by atoms with Gasteiger partial charge in [-0.3, -0.25) is 4.84 Å². The zero-order valence-corrected chi connectivity index (χ0v) is 25.8. The Bertz CT molecular complexity index is 877. The summed E-state index contributed by atoms with van der Waals surface area (Å²) in [6, 6.07) is 8.43. The Hall–Kier alpha value is -1.18. The van der Waals surface area contributed by atoms with Gasteiger partial charge in [0, 0.05) is 18.4 Å². The molecule has 0 spiro atoms. The second kappa shape index (κ2) is 13.4. The second-order valence-electron chi connectivity index (χ2n) is 13.6. The fourth-order valence-corrected chi connectivity index (χ4v) is 7.64. The molecule has 2 aliphatic carbocycles. The van der Waals surface area contributed by atoms with Gasteiger partial charge < -0.3 is 18.9 Å². The molecule has 0 N–H and O–H groups in total. The van der Waals surface area contributed by atoms with E-state index in [0.717, 1.165) is 44.5 Å². The van der Waals surface area contributed by atoms with Crippen LogP contribution in [0.15, 0.2) is 24.3 Å². The quantitative estimate of drug-likeness (QED) is 0.182. The van der Waals surface area contributed by atoms with Gasteiger partial charge >= 0.3 is 0 Å². The summed E-state index contributed by atoms with van der Waals surface area (Å²) in [5, 5.41) is 2.36. The van der Waals surface area contributed by atoms with Gasteiger partial charge in [0.25, 0.3) is 0 Å². The van der Waals surface area contributed by atoms with E-state index in [0.29, 0.717) is 25.4 Å². The summed E-state index contributed by atoms with van der Waals surface area (Å²) < 4.78 is 25.4. The van der Waals surface area contributed by atoms with Gasteiger partial charge in [-0.05, 0) is 76.5 Å². The third-order valence-electron chi connectivity index (χ3n) is 9.84. The Labute approximate surface area is 243 Å². The Balaban J connectivity index is 1.28. The minimum Gasteiger partial charge on any atom is -0.491 e. The number of benzene rings is 1. The van der Waals surface area contributed by atoms with Gasteiger partial charge in [0.05, 0.1) is 31.0 Å². The third-order valence-corrected chi connectivity index (χ3v) is 9.84. The fourth-order valence-electron chi connectivity index (χ4n) is 7.64. The highest BCUT2D eigenvalue weighted by atomic mass is 16.7. The largest absolute Gasteiger partial charge is 0.491 e. The van der Waals surface area contributed by atoms with E-state index in [1.54, 1.807) is 0 Å². The lowest BCUT2D eigenvalue weighted by atomic mass is 9.73. The molecule has 40 heavy (non-hydrogen) atoms. The molecular weight excluding hydrogens is 502 g/mol. The molecule has 2 saturated heterocycles. The molecule has 0 bridgehead atoms. The first-order chi connectivity index (χ1) is 19.4. The van der Waals surface area contributed by atoms with Gasteiger partial charge in [0.1, 0.15) is 18.5 Å². The Morgan fingerprint density at radius 1 is 0.825 bits per heavy atom. The number of epoxide rings is 1. The van der Waals surface area contributed by atoms with Gasteiger partial charge in [0.2, 0.25) is 0 Å². The van der Waals surface area contributed by atoms with Crippen molar-refractivity contribution in [1.82, 2.24) is 5.06 Å². The van der Waals surface area contributed by atoms with Crippen molar-refractivity contribution in [2.45, 2.75) is 159 Å². The van der Waals surface area contributed by atoms with Crippen LogP contribution in [0.2, 0.25) is 0 Å². The van der Waals surface area contributed by atoms with Gasteiger partial charge in [-0.15, -0.1) is 0 Å². The van der Waals surface area contributed by atoms with Crippen molar-refractivity contribution < 1.29 is 23.8 Å². The van der Waals surface area contributed by atoms with Crippen molar-refractivity contribution in [3.63, 3.8) is 0 Å². The molecule has 5 rings (SSSR count). The predicted molar refractivity (Wildman–Crippen MR) is 158 cm³/mol. The highest BCUT2D eigenvalue weighted by Crippen LogP contribution is 2.51. The van der Waals surface area contributed by atoms with Crippen LogP contribution >= 0.6 is 0 Å². The molecule has 1 atom stereocenters. The van der Waals surface area contributed by atoms with Crippen LogP contribution in [0.3, 0.4) is 0 Å². The van der Waals surface area contributed by atoms with E-state index in [9.17, 15) is 0 Å². The van der Waals surface area contributed by atoms with Gasteiger partial charge in [-0.25, -0.2) is 0 Å². The van der Waals surface area contributed by atoms with Crippen LogP contribution in [-0.4, -0.2) is 60.1 Å². The lowest BCUT2D eigenvalue weighted by molar-refractivity contribution is -0.380. The SMILES string of the molecule is CCC1(CC)CC(OC2CCCCC2)(OC2CCCCC2)CC(C)(C)N1OCCc1ccc(OCC2CO2)cc1. The van der Waals surface area contributed by atoms with E-state index in [2.05, 4.69) is 57.0 Å². The maximum atomic E-state index is 7.16. The molecule has 1 aromatic rings. The molecule has 1 aromatic carbocycles. The summed E-state index contributed by atoms with van der Waals surface area (Å²) in [5.74, 6) is 0.362. The van der Waals surface area contributed by atoms with E-state index >= 15 is 0 Å². The normalized spacial score (nSPS) is 26.9. The van der Waals surface area contributed by atoms with Crippen molar-refractivity contribution in [3.05, 3.63) is 29.8 Å². The van der Waals surface area contributed by atoms with Crippen molar-refractivity contribution in [3.8, 4) is 5.75 Å². The van der Waals surface area contributed by atoms with Crippen LogP contribution in [0.4, 0.5) is 0 Å². The monoisotopic (exact) mass is 557 g/mol. The number of hydroxylamine groups is 2. The third kappa shape index (κ3) is 7.60. The fraction of sp³-hybridized carbons (Fsp3) is 0.824. The summed E-state index contributed by atoms with van der Waals surface area (Å²) in [6.45, 7) is 11.4. The van der Waals surface area contributed by atoms with E-state index < -0.39 is 5.79 Å². The van der Waals surface area contributed by atoms with Gasteiger partial charge in [0.15, 0.2) is 5.79 Å². The molecule has 6 nitrogen and oxygen atoms in total. The zero-order chi connectivity index (χ0) is 28.1. The zero-order valence-electron chi connectivity index (χ0n) is 25.8. The van der Waals surface area contributed by atoms with Crippen LogP contribution in [0, 0.1) is 0 Å². The lowest BCUT2D eigenvalue weighted by Gasteiger charge is -2.60. The van der Waals surface area contributed by atoms with Crippen molar-refractivity contribution in [2.24, 2.45) is 0 Å². The standard InChI is InChI=1S/C34H55NO5/c1-5-33(6-2)26-34(39-29-13-9-7-10-14-29,40-30-15-11-8-12-16-30)25-32(3,4)35(33)38-22-21-27-17-19-28(20-18-27)36-23-31-24-37-31/h17-20,29-31H,5-16,21-26H2,1-4H3. The number of rotatable bonds is 13. The number of ether oxygens (including phenoxy) is 4. The highest BCUT2D eigenvalue weighted by molar-refractivity contribution is 5.27. The molecule has 4 fully saturated rings. The first-order valence-electron chi connectivity index (χ1n) is 16.5. The summed E-state index contributed by atoms with van der Waals surface area (Å²) >= 11 is 0. The van der Waals surface area contributed by atoms with Crippen LogP contribution in [0.5, 0.6) is 5.75 Å². The molecule has 2 aliphatic heterocycles.